The molecule has 1 aromatic carbocycles. The van der Waals surface area contributed by atoms with Crippen LogP contribution in [0, 0.1) is 0 Å². The van der Waals surface area contributed by atoms with Crippen molar-refractivity contribution >= 4 is 9.84 Å². The summed E-state index contributed by atoms with van der Waals surface area (Å²) in [7, 11) is -3.20. The van der Waals surface area contributed by atoms with Gasteiger partial charge in [0.15, 0.2) is 16.1 Å². The minimum absolute atomic E-state index is 0.216. The molecule has 0 aromatic heterocycles. The number of rotatable bonds is 5. The van der Waals surface area contributed by atoms with Gasteiger partial charge in [-0.25, -0.2) is 8.42 Å². The second-order valence-electron chi connectivity index (χ2n) is 4.41. The molecule has 0 saturated carbocycles. The molecule has 5 nitrogen and oxygen atoms in total. The van der Waals surface area contributed by atoms with Gasteiger partial charge in [0.2, 0.25) is 0 Å². The molecule has 0 amide bonds. The molecule has 0 spiro atoms. The maximum Gasteiger partial charge on any atom is 0.175 e. The molecular formula is C13H18O5S. The predicted octanol–water partition coefficient (Wildman–Crippen LogP) is 1.62. The van der Waals surface area contributed by atoms with Crippen LogP contribution in [-0.4, -0.2) is 40.8 Å². The third kappa shape index (κ3) is 4.49. The summed E-state index contributed by atoms with van der Waals surface area (Å²) in [4.78, 5) is 0.259. The van der Waals surface area contributed by atoms with E-state index >= 15 is 0 Å². The van der Waals surface area contributed by atoms with Crippen LogP contribution in [0.2, 0.25) is 0 Å². The van der Waals surface area contributed by atoms with Crippen LogP contribution in [0.4, 0.5) is 0 Å². The standard InChI is InChI=1S/C13H18O5S/c1-19(14,15)12-5-2-4-11(10-12)16-9-6-13-17-7-3-8-18-13/h2,4-5,10,13H,3,6-9H2,1H3. The summed E-state index contributed by atoms with van der Waals surface area (Å²) < 4.78 is 39.1. The number of hydrogen-bond donors (Lipinski definition) is 0. The van der Waals surface area contributed by atoms with E-state index in [1.807, 2.05) is 0 Å². The van der Waals surface area contributed by atoms with Gasteiger partial charge in [-0.3, -0.25) is 0 Å². The van der Waals surface area contributed by atoms with Gasteiger partial charge in [0.25, 0.3) is 0 Å². The molecule has 0 aliphatic carbocycles. The molecule has 1 fully saturated rings. The molecule has 19 heavy (non-hydrogen) atoms. The van der Waals surface area contributed by atoms with E-state index in [9.17, 15) is 8.42 Å². The van der Waals surface area contributed by atoms with Gasteiger partial charge in [-0.1, -0.05) is 6.07 Å². The molecule has 2 rings (SSSR count). The maximum atomic E-state index is 11.4. The lowest BCUT2D eigenvalue weighted by molar-refractivity contribution is -0.183. The summed E-state index contributed by atoms with van der Waals surface area (Å²) in [6.45, 7) is 1.86. The minimum atomic E-state index is -3.20. The molecule has 0 unspecified atom stereocenters. The Kier molecular flexibility index (Phi) is 4.79. The van der Waals surface area contributed by atoms with Gasteiger partial charge < -0.3 is 14.2 Å². The summed E-state index contributed by atoms with van der Waals surface area (Å²) in [6, 6.07) is 6.48. The van der Waals surface area contributed by atoms with E-state index < -0.39 is 9.84 Å². The predicted molar refractivity (Wildman–Crippen MR) is 70.0 cm³/mol. The van der Waals surface area contributed by atoms with Gasteiger partial charge in [0.1, 0.15) is 5.75 Å². The minimum Gasteiger partial charge on any atom is -0.493 e. The third-order valence-electron chi connectivity index (χ3n) is 2.75. The van der Waals surface area contributed by atoms with Crippen molar-refractivity contribution in [1.29, 1.82) is 0 Å². The maximum absolute atomic E-state index is 11.4. The Balaban J connectivity index is 1.85. The van der Waals surface area contributed by atoms with E-state index in [-0.39, 0.29) is 11.2 Å². The Morgan fingerprint density at radius 2 is 2.05 bits per heavy atom. The van der Waals surface area contributed by atoms with Crippen LogP contribution < -0.4 is 4.74 Å². The van der Waals surface area contributed by atoms with Gasteiger partial charge in [-0.05, 0) is 24.6 Å². The third-order valence-corrected chi connectivity index (χ3v) is 3.86. The highest BCUT2D eigenvalue weighted by atomic mass is 32.2. The van der Waals surface area contributed by atoms with Gasteiger partial charge >= 0.3 is 0 Å². The van der Waals surface area contributed by atoms with Crippen molar-refractivity contribution in [3.63, 3.8) is 0 Å². The van der Waals surface area contributed by atoms with Crippen molar-refractivity contribution in [3.8, 4) is 5.75 Å². The van der Waals surface area contributed by atoms with Crippen LogP contribution in [0.3, 0.4) is 0 Å². The van der Waals surface area contributed by atoms with Gasteiger partial charge in [0.05, 0.1) is 24.7 Å². The normalized spacial score (nSPS) is 17.3. The zero-order valence-electron chi connectivity index (χ0n) is 10.9. The summed E-state index contributed by atoms with van der Waals surface area (Å²) in [5.41, 5.74) is 0. The van der Waals surface area contributed by atoms with E-state index in [1.54, 1.807) is 18.2 Å². The fraction of sp³-hybridized carbons (Fsp3) is 0.538. The number of hydrogen-bond acceptors (Lipinski definition) is 5. The zero-order chi connectivity index (χ0) is 13.7. The molecule has 6 heteroatoms. The summed E-state index contributed by atoms with van der Waals surface area (Å²) >= 11 is 0. The van der Waals surface area contributed by atoms with Crippen molar-refractivity contribution in [1.82, 2.24) is 0 Å². The Bertz CT molecular complexity index is 506. The highest BCUT2D eigenvalue weighted by Crippen LogP contribution is 2.18. The molecule has 1 aromatic rings. The number of benzene rings is 1. The molecule has 1 aliphatic heterocycles. The SMILES string of the molecule is CS(=O)(=O)c1cccc(OCCC2OCCCO2)c1. The molecule has 0 bridgehead atoms. The molecule has 1 heterocycles. The average molecular weight is 286 g/mol. The first kappa shape index (κ1) is 14.3. The number of ether oxygens (including phenoxy) is 3. The molecule has 0 N–H and O–H groups in total. The molecule has 106 valence electrons. The molecule has 0 radical (unpaired) electrons. The van der Waals surface area contributed by atoms with E-state index in [0.717, 1.165) is 6.42 Å². The second kappa shape index (κ2) is 6.36. The topological polar surface area (TPSA) is 61.8 Å². The summed E-state index contributed by atoms with van der Waals surface area (Å²) in [5.74, 6) is 0.540. The first-order valence-electron chi connectivity index (χ1n) is 6.22. The van der Waals surface area contributed by atoms with Gasteiger partial charge in [-0.15, -0.1) is 0 Å². The van der Waals surface area contributed by atoms with Crippen LogP contribution in [0.1, 0.15) is 12.8 Å². The summed E-state index contributed by atoms with van der Waals surface area (Å²) in [5, 5.41) is 0. The fourth-order valence-electron chi connectivity index (χ4n) is 1.77. The van der Waals surface area contributed by atoms with Crippen LogP contribution in [-0.2, 0) is 19.3 Å². The lowest BCUT2D eigenvalue weighted by Gasteiger charge is -2.23. The van der Waals surface area contributed by atoms with E-state index in [4.69, 9.17) is 14.2 Å². The number of sulfone groups is 1. The molecule has 1 saturated heterocycles. The van der Waals surface area contributed by atoms with Gasteiger partial charge in [0, 0.05) is 12.7 Å². The van der Waals surface area contributed by atoms with E-state index in [2.05, 4.69) is 0 Å². The monoisotopic (exact) mass is 286 g/mol. The van der Waals surface area contributed by atoms with Crippen molar-refractivity contribution < 1.29 is 22.6 Å². The van der Waals surface area contributed by atoms with E-state index in [0.29, 0.717) is 32.0 Å². The summed E-state index contributed by atoms with van der Waals surface area (Å²) in [6.07, 6.45) is 2.51. The Hall–Kier alpha value is -1.11. The smallest absolute Gasteiger partial charge is 0.175 e. The lowest BCUT2D eigenvalue weighted by atomic mass is 10.3. The molecular weight excluding hydrogens is 268 g/mol. The Morgan fingerprint density at radius 3 is 2.74 bits per heavy atom. The van der Waals surface area contributed by atoms with Crippen LogP contribution in [0.5, 0.6) is 5.75 Å². The zero-order valence-corrected chi connectivity index (χ0v) is 11.7. The highest BCUT2D eigenvalue weighted by Gasteiger charge is 2.14. The average Bonchev–Trinajstić information content (AvgIpc) is 2.39. The van der Waals surface area contributed by atoms with Crippen molar-refractivity contribution in [3.05, 3.63) is 24.3 Å². The van der Waals surface area contributed by atoms with Crippen molar-refractivity contribution in [2.75, 3.05) is 26.1 Å². The van der Waals surface area contributed by atoms with Crippen molar-refractivity contribution in [2.45, 2.75) is 24.0 Å². The van der Waals surface area contributed by atoms with Crippen LogP contribution >= 0.6 is 0 Å². The van der Waals surface area contributed by atoms with Crippen LogP contribution in [0.15, 0.2) is 29.2 Å². The largest absolute Gasteiger partial charge is 0.493 e. The first-order valence-corrected chi connectivity index (χ1v) is 8.11. The van der Waals surface area contributed by atoms with Gasteiger partial charge in [-0.2, -0.15) is 0 Å². The fourth-order valence-corrected chi connectivity index (χ4v) is 2.43. The van der Waals surface area contributed by atoms with E-state index in [1.165, 1.54) is 12.3 Å². The molecule has 0 atom stereocenters. The quantitative estimate of drug-likeness (QED) is 0.823. The first-order chi connectivity index (χ1) is 9.05. The lowest BCUT2D eigenvalue weighted by Crippen LogP contribution is -2.26. The molecule has 1 aliphatic rings. The second-order valence-corrected chi connectivity index (χ2v) is 6.42. The van der Waals surface area contributed by atoms with Crippen molar-refractivity contribution in [2.24, 2.45) is 0 Å². The Labute approximate surface area is 113 Å². The van der Waals surface area contributed by atoms with Crippen LogP contribution in [0.25, 0.3) is 0 Å². The Morgan fingerprint density at radius 1 is 1.32 bits per heavy atom. The highest BCUT2D eigenvalue weighted by molar-refractivity contribution is 7.90.